The molecule has 0 saturated heterocycles. The lowest BCUT2D eigenvalue weighted by Crippen LogP contribution is -2.15. The van der Waals surface area contributed by atoms with Gasteiger partial charge in [-0.05, 0) is 51.3 Å². The monoisotopic (exact) mass is 337 g/mol. The lowest BCUT2D eigenvalue weighted by molar-refractivity contribution is 0.389. The van der Waals surface area contributed by atoms with Crippen molar-refractivity contribution in [1.82, 2.24) is 14.5 Å². The molecule has 4 heteroatoms. The maximum atomic E-state index is 6.08. The number of nitrogens with zero attached hydrogens (tertiary/aromatic N) is 3. The Bertz CT molecular complexity index is 1030. The average molecular weight is 338 g/mol. The summed E-state index contributed by atoms with van der Waals surface area (Å²) in [6.45, 7) is 2.06. The first-order valence-corrected chi connectivity index (χ1v) is 8.64. The van der Waals surface area contributed by atoms with Crippen LogP contribution in [0.25, 0.3) is 32.7 Å². The van der Waals surface area contributed by atoms with E-state index in [1.807, 2.05) is 6.07 Å². The standard InChI is InChI=1S/C20H20ClN3/c1-23(2)12-5-13-24-18-7-4-3-6-14(18)15-8-10-17-16(20(15)24)9-11-19(21)22-17/h3-4,6-11H,5,12-13H2,1-2H3. The van der Waals surface area contributed by atoms with Crippen molar-refractivity contribution >= 4 is 44.3 Å². The molecule has 0 bridgehead atoms. The van der Waals surface area contributed by atoms with Gasteiger partial charge in [-0.25, -0.2) is 4.98 Å². The molecule has 0 saturated carbocycles. The van der Waals surface area contributed by atoms with Crippen molar-refractivity contribution in [3.8, 4) is 0 Å². The maximum absolute atomic E-state index is 6.08. The third-order valence-corrected chi connectivity index (χ3v) is 4.76. The van der Waals surface area contributed by atoms with Gasteiger partial charge in [0, 0.05) is 28.2 Å². The first-order chi connectivity index (χ1) is 11.6. The highest BCUT2D eigenvalue weighted by Gasteiger charge is 2.13. The topological polar surface area (TPSA) is 21.1 Å². The van der Waals surface area contributed by atoms with Gasteiger partial charge in [-0.1, -0.05) is 35.9 Å². The van der Waals surface area contributed by atoms with E-state index in [0.717, 1.165) is 30.4 Å². The highest BCUT2D eigenvalue weighted by Crippen LogP contribution is 2.34. The normalized spacial score (nSPS) is 12.0. The van der Waals surface area contributed by atoms with Crippen molar-refractivity contribution in [3.05, 3.63) is 53.7 Å². The summed E-state index contributed by atoms with van der Waals surface area (Å²) in [5.41, 5.74) is 3.50. The zero-order valence-corrected chi connectivity index (χ0v) is 14.7. The lowest BCUT2D eigenvalue weighted by Gasteiger charge is -2.12. The van der Waals surface area contributed by atoms with Crippen molar-refractivity contribution in [2.45, 2.75) is 13.0 Å². The minimum atomic E-state index is 0.539. The van der Waals surface area contributed by atoms with Crippen LogP contribution < -0.4 is 0 Å². The van der Waals surface area contributed by atoms with Crippen LogP contribution in [0.15, 0.2) is 48.5 Å². The Morgan fingerprint density at radius 3 is 2.58 bits per heavy atom. The molecule has 122 valence electrons. The van der Waals surface area contributed by atoms with E-state index in [2.05, 4.69) is 71.0 Å². The third kappa shape index (κ3) is 2.54. The fraction of sp³-hybridized carbons (Fsp3) is 0.250. The van der Waals surface area contributed by atoms with E-state index in [1.165, 1.54) is 21.8 Å². The number of fused-ring (bicyclic) bond motifs is 5. The highest BCUT2D eigenvalue weighted by atomic mass is 35.5. The van der Waals surface area contributed by atoms with Crippen LogP contribution >= 0.6 is 11.6 Å². The molecule has 3 nitrogen and oxygen atoms in total. The molecule has 4 aromatic rings. The predicted molar refractivity (Wildman–Crippen MR) is 103 cm³/mol. The summed E-state index contributed by atoms with van der Waals surface area (Å²) in [5.74, 6) is 0. The van der Waals surface area contributed by atoms with E-state index >= 15 is 0 Å². The Kier molecular flexibility index (Phi) is 3.91. The number of aryl methyl sites for hydroxylation is 1. The van der Waals surface area contributed by atoms with E-state index in [4.69, 9.17) is 11.6 Å². The van der Waals surface area contributed by atoms with Gasteiger partial charge in [-0.3, -0.25) is 0 Å². The number of halogens is 1. The van der Waals surface area contributed by atoms with Crippen LogP contribution in [0.5, 0.6) is 0 Å². The summed E-state index contributed by atoms with van der Waals surface area (Å²) in [7, 11) is 4.24. The van der Waals surface area contributed by atoms with Crippen molar-refractivity contribution in [2.24, 2.45) is 0 Å². The van der Waals surface area contributed by atoms with Gasteiger partial charge in [0.2, 0.25) is 0 Å². The molecule has 0 spiro atoms. The zero-order valence-electron chi connectivity index (χ0n) is 14.0. The van der Waals surface area contributed by atoms with Gasteiger partial charge >= 0.3 is 0 Å². The van der Waals surface area contributed by atoms with Gasteiger partial charge in [0.05, 0.1) is 11.0 Å². The number of benzene rings is 2. The van der Waals surface area contributed by atoms with Crippen molar-refractivity contribution in [3.63, 3.8) is 0 Å². The van der Waals surface area contributed by atoms with E-state index in [0.29, 0.717) is 5.15 Å². The molecule has 24 heavy (non-hydrogen) atoms. The average Bonchev–Trinajstić information content (AvgIpc) is 2.89. The van der Waals surface area contributed by atoms with Crippen molar-refractivity contribution in [1.29, 1.82) is 0 Å². The molecular weight excluding hydrogens is 318 g/mol. The van der Waals surface area contributed by atoms with E-state index in [-0.39, 0.29) is 0 Å². The van der Waals surface area contributed by atoms with Gasteiger partial charge < -0.3 is 9.47 Å². The molecule has 2 aromatic heterocycles. The van der Waals surface area contributed by atoms with Crippen molar-refractivity contribution in [2.75, 3.05) is 20.6 Å². The second-order valence-electron chi connectivity index (χ2n) is 6.49. The van der Waals surface area contributed by atoms with Crippen LogP contribution in [0.3, 0.4) is 0 Å². The Labute approximate surface area is 146 Å². The number of para-hydroxylation sites is 1. The van der Waals surface area contributed by atoms with Crippen molar-refractivity contribution < 1.29 is 0 Å². The van der Waals surface area contributed by atoms with Crippen LogP contribution in [0.4, 0.5) is 0 Å². The summed E-state index contributed by atoms with van der Waals surface area (Å²) >= 11 is 6.08. The van der Waals surface area contributed by atoms with Crippen LogP contribution in [-0.4, -0.2) is 35.1 Å². The quantitative estimate of drug-likeness (QED) is 0.491. The molecular formula is C20H20ClN3. The molecule has 0 aliphatic rings. The van der Waals surface area contributed by atoms with E-state index in [9.17, 15) is 0 Å². The molecule has 0 aliphatic heterocycles. The number of pyridine rings is 1. The Hall–Kier alpha value is -2.10. The summed E-state index contributed by atoms with van der Waals surface area (Å²) < 4.78 is 2.44. The van der Waals surface area contributed by atoms with Gasteiger partial charge in [0.1, 0.15) is 5.15 Å². The van der Waals surface area contributed by atoms with Gasteiger partial charge in [-0.15, -0.1) is 0 Å². The number of aromatic nitrogens is 2. The molecule has 0 fully saturated rings. The molecule has 2 heterocycles. The molecule has 0 unspecified atom stereocenters. The summed E-state index contributed by atoms with van der Waals surface area (Å²) in [6, 6.07) is 16.8. The van der Waals surface area contributed by atoms with Crippen LogP contribution in [0, 0.1) is 0 Å². The number of rotatable bonds is 4. The first kappa shape index (κ1) is 15.4. The lowest BCUT2D eigenvalue weighted by atomic mass is 10.1. The molecule has 0 N–H and O–H groups in total. The predicted octanol–water partition coefficient (Wildman–Crippen LogP) is 4.95. The number of hydrogen-bond donors (Lipinski definition) is 0. The van der Waals surface area contributed by atoms with Crippen LogP contribution in [0.2, 0.25) is 5.15 Å². The van der Waals surface area contributed by atoms with Gasteiger partial charge in [0.25, 0.3) is 0 Å². The van der Waals surface area contributed by atoms with E-state index in [1.54, 1.807) is 0 Å². The summed E-state index contributed by atoms with van der Waals surface area (Å²) in [4.78, 5) is 6.72. The molecule has 4 rings (SSSR count). The Balaban J connectivity index is 2.00. The molecule has 2 aromatic carbocycles. The summed E-state index contributed by atoms with van der Waals surface area (Å²) in [5, 5.41) is 4.29. The fourth-order valence-corrected chi connectivity index (χ4v) is 3.66. The minimum absolute atomic E-state index is 0.539. The zero-order chi connectivity index (χ0) is 16.7. The smallest absolute Gasteiger partial charge is 0.129 e. The second kappa shape index (κ2) is 6.08. The molecule has 0 atom stereocenters. The van der Waals surface area contributed by atoms with Gasteiger partial charge in [-0.2, -0.15) is 0 Å². The number of hydrogen-bond acceptors (Lipinski definition) is 2. The molecule has 0 radical (unpaired) electrons. The SMILES string of the molecule is CN(C)CCCn1c2ccccc2c2ccc3nc(Cl)ccc3c21. The minimum Gasteiger partial charge on any atom is -0.340 e. The largest absolute Gasteiger partial charge is 0.340 e. The van der Waals surface area contributed by atoms with Crippen LogP contribution in [0.1, 0.15) is 6.42 Å². The van der Waals surface area contributed by atoms with Crippen LogP contribution in [-0.2, 0) is 6.54 Å². The second-order valence-corrected chi connectivity index (χ2v) is 6.88. The first-order valence-electron chi connectivity index (χ1n) is 8.26. The van der Waals surface area contributed by atoms with Gasteiger partial charge in [0.15, 0.2) is 0 Å². The maximum Gasteiger partial charge on any atom is 0.129 e. The molecule has 0 amide bonds. The van der Waals surface area contributed by atoms with E-state index < -0.39 is 0 Å². The summed E-state index contributed by atoms with van der Waals surface area (Å²) in [6.07, 6.45) is 1.11. The highest BCUT2D eigenvalue weighted by molar-refractivity contribution is 6.30. The third-order valence-electron chi connectivity index (χ3n) is 4.55. The molecule has 0 aliphatic carbocycles. The Morgan fingerprint density at radius 1 is 0.958 bits per heavy atom. The fourth-order valence-electron chi connectivity index (χ4n) is 3.51. The Morgan fingerprint density at radius 2 is 1.75 bits per heavy atom.